The van der Waals surface area contributed by atoms with Crippen LogP contribution in [0, 0.1) is 0 Å². The molecule has 5 nitrogen and oxygen atoms in total. The molecule has 0 aliphatic carbocycles. The summed E-state index contributed by atoms with van der Waals surface area (Å²) in [6.07, 6.45) is 0.414. The molecule has 92 valence electrons. The molecule has 0 atom stereocenters. The number of aromatic nitrogens is 1. The first-order chi connectivity index (χ1) is 7.97. The van der Waals surface area contributed by atoms with Gasteiger partial charge in [0, 0.05) is 0 Å². The molecular weight excluding hydrogens is 305 g/mol. The van der Waals surface area contributed by atoms with Crippen LogP contribution in [0.1, 0.15) is 6.42 Å². The van der Waals surface area contributed by atoms with E-state index in [-0.39, 0.29) is 26.3 Å². The van der Waals surface area contributed by atoms with Crippen LogP contribution in [0.2, 0.25) is 6.04 Å². The molecule has 0 radical (unpaired) electrons. The summed E-state index contributed by atoms with van der Waals surface area (Å²) in [5, 5.41) is 0.744. The molecule has 0 fully saturated rings. The Hall–Kier alpha value is -0.694. The zero-order chi connectivity index (χ0) is 12.5. The Kier molecular flexibility index (Phi) is 3.67. The van der Waals surface area contributed by atoms with E-state index in [1.54, 1.807) is 3.56 Å². The minimum atomic E-state index is -3.96. The van der Waals surface area contributed by atoms with E-state index in [1.807, 2.05) is 24.3 Å². The number of rotatable bonds is 4. The second kappa shape index (κ2) is 4.89. The van der Waals surface area contributed by atoms with Crippen molar-refractivity contribution in [3.63, 3.8) is 0 Å². The van der Waals surface area contributed by atoms with Crippen molar-refractivity contribution in [1.82, 2.24) is 3.56 Å². The summed E-state index contributed by atoms with van der Waals surface area (Å²) in [5.74, 6) is 0. The summed E-state index contributed by atoms with van der Waals surface area (Å²) in [6, 6.07) is 7.47. The van der Waals surface area contributed by atoms with Gasteiger partial charge in [-0.05, 0) is 0 Å². The van der Waals surface area contributed by atoms with Crippen molar-refractivity contribution in [2.75, 3.05) is 0 Å². The first-order valence-corrected chi connectivity index (χ1v) is 8.90. The second-order valence-corrected chi connectivity index (χ2v) is 8.15. The van der Waals surface area contributed by atoms with Gasteiger partial charge in [0.05, 0.1) is 0 Å². The van der Waals surface area contributed by atoms with Gasteiger partial charge in [0.1, 0.15) is 0 Å². The Morgan fingerprint density at radius 2 is 1.94 bits per heavy atom. The number of fused-ring (bicyclic) bond motifs is 1. The summed E-state index contributed by atoms with van der Waals surface area (Å²) in [4.78, 5) is 38.6. The predicted octanol–water partition coefficient (Wildman–Crippen LogP) is -0.636. The molecule has 0 aliphatic heterocycles. The van der Waals surface area contributed by atoms with Gasteiger partial charge in [0.2, 0.25) is 0 Å². The van der Waals surface area contributed by atoms with Gasteiger partial charge in [-0.3, -0.25) is 0 Å². The van der Waals surface area contributed by atoms with E-state index in [2.05, 4.69) is 0 Å². The molecule has 0 saturated heterocycles. The third kappa shape index (κ3) is 3.16. The van der Waals surface area contributed by atoms with Gasteiger partial charge in [-0.25, -0.2) is 0 Å². The van der Waals surface area contributed by atoms with Crippen molar-refractivity contribution in [2.45, 2.75) is 19.0 Å². The van der Waals surface area contributed by atoms with Gasteiger partial charge in [0.15, 0.2) is 0 Å². The second-order valence-electron chi connectivity index (χ2n) is 3.87. The zero-order valence-corrected chi connectivity index (χ0v) is 11.7. The van der Waals surface area contributed by atoms with Gasteiger partial charge in [-0.15, -0.1) is 0 Å². The van der Waals surface area contributed by atoms with Gasteiger partial charge in [0.25, 0.3) is 0 Å². The fraction of sp³-hybridized carbons (Fsp3) is 0.300. The molecule has 0 spiro atoms. The van der Waals surface area contributed by atoms with Crippen molar-refractivity contribution in [1.29, 1.82) is 0 Å². The fourth-order valence-corrected chi connectivity index (χ4v) is 4.42. The van der Waals surface area contributed by atoms with Crippen molar-refractivity contribution >= 4 is 33.2 Å². The standard InChI is InChI=1S/C10H13NO4SeSi/c12-10-8-4-1-2-5-9(8)16-11(10)6-3-7-17(13,14)15/h1-2,4-5,13-15H,3,6-7H2. The fourth-order valence-electron chi connectivity index (χ4n) is 1.62. The molecule has 1 heterocycles. The monoisotopic (exact) mass is 319 g/mol. The Balaban J connectivity index is 2.14. The van der Waals surface area contributed by atoms with Crippen LogP contribution in [-0.4, -0.2) is 41.5 Å². The van der Waals surface area contributed by atoms with E-state index in [0.717, 1.165) is 9.65 Å². The number of hydrogen-bond donors (Lipinski definition) is 3. The third-order valence-electron chi connectivity index (χ3n) is 2.43. The Labute approximate surface area is 105 Å². The number of aryl methyl sites for hydroxylation is 1. The van der Waals surface area contributed by atoms with E-state index in [9.17, 15) is 4.79 Å². The van der Waals surface area contributed by atoms with Crippen LogP contribution < -0.4 is 5.56 Å². The van der Waals surface area contributed by atoms with Crippen LogP contribution in [-0.2, 0) is 6.54 Å². The van der Waals surface area contributed by atoms with Crippen LogP contribution in [0.15, 0.2) is 29.1 Å². The van der Waals surface area contributed by atoms with Crippen molar-refractivity contribution in [2.24, 2.45) is 0 Å². The van der Waals surface area contributed by atoms with Gasteiger partial charge >= 0.3 is 105 Å². The normalized spacial score (nSPS) is 12.2. The molecular formula is C10H13NO4SeSi. The Morgan fingerprint density at radius 1 is 1.24 bits per heavy atom. The average molecular weight is 318 g/mol. The summed E-state index contributed by atoms with van der Waals surface area (Å²) in [6.45, 7) is 0.462. The topological polar surface area (TPSA) is 82.7 Å². The number of hydrogen-bond acceptors (Lipinski definition) is 4. The summed E-state index contributed by atoms with van der Waals surface area (Å²) in [5.41, 5.74) is 0.00156. The predicted molar refractivity (Wildman–Crippen MR) is 67.0 cm³/mol. The molecule has 2 aromatic rings. The average Bonchev–Trinajstić information content (AvgIpc) is 2.55. The van der Waals surface area contributed by atoms with E-state index >= 15 is 0 Å². The van der Waals surface area contributed by atoms with E-state index in [1.165, 1.54) is 0 Å². The number of benzene rings is 1. The molecule has 1 aromatic heterocycles. The maximum absolute atomic E-state index is 11.9. The molecule has 0 unspecified atom stereocenters. The van der Waals surface area contributed by atoms with Crippen LogP contribution in [0.25, 0.3) is 9.65 Å². The molecule has 17 heavy (non-hydrogen) atoms. The molecule has 0 amide bonds. The van der Waals surface area contributed by atoms with E-state index in [4.69, 9.17) is 14.4 Å². The summed E-state index contributed by atoms with van der Waals surface area (Å²) < 4.78 is 2.78. The van der Waals surface area contributed by atoms with E-state index < -0.39 is 8.80 Å². The van der Waals surface area contributed by atoms with Crippen LogP contribution in [0.4, 0.5) is 0 Å². The number of nitrogens with zero attached hydrogens (tertiary/aromatic N) is 1. The molecule has 0 aliphatic rings. The van der Waals surface area contributed by atoms with E-state index in [0.29, 0.717) is 13.0 Å². The van der Waals surface area contributed by atoms with Gasteiger partial charge in [-0.2, -0.15) is 0 Å². The molecule has 0 saturated carbocycles. The van der Waals surface area contributed by atoms with Crippen molar-refractivity contribution in [3.8, 4) is 0 Å². The maximum atomic E-state index is 11.9. The minimum absolute atomic E-state index is 0.00156. The van der Waals surface area contributed by atoms with Crippen molar-refractivity contribution < 1.29 is 14.4 Å². The Bertz CT molecular complexity index is 571. The van der Waals surface area contributed by atoms with Crippen LogP contribution >= 0.6 is 0 Å². The summed E-state index contributed by atoms with van der Waals surface area (Å²) in [7, 11) is -3.96. The SMILES string of the molecule is O=c1c2ccccc2[se]n1CCC[Si](O)(O)O. The van der Waals surface area contributed by atoms with Gasteiger partial charge in [-0.1, -0.05) is 0 Å². The zero-order valence-electron chi connectivity index (χ0n) is 9.04. The molecule has 3 N–H and O–H groups in total. The Morgan fingerprint density at radius 3 is 2.59 bits per heavy atom. The van der Waals surface area contributed by atoms with Crippen LogP contribution in [0.5, 0.6) is 0 Å². The van der Waals surface area contributed by atoms with Crippen LogP contribution in [0.3, 0.4) is 0 Å². The third-order valence-corrected chi connectivity index (χ3v) is 5.80. The first-order valence-electron chi connectivity index (χ1n) is 5.23. The quantitative estimate of drug-likeness (QED) is 0.655. The van der Waals surface area contributed by atoms with Crippen molar-refractivity contribution in [3.05, 3.63) is 34.6 Å². The molecule has 1 aromatic carbocycles. The summed E-state index contributed by atoms with van der Waals surface area (Å²) >= 11 is -0.0295. The molecule has 0 bridgehead atoms. The molecule has 2 rings (SSSR count). The first kappa shape index (κ1) is 12.8. The molecule has 7 heteroatoms. The van der Waals surface area contributed by atoms with Gasteiger partial charge < -0.3 is 0 Å².